The third-order valence-electron chi connectivity index (χ3n) is 2.51. The molecule has 1 aliphatic heterocycles. The monoisotopic (exact) mass is 220 g/mol. The SMILES string of the molecule is CCCCN=C1Cn2c(nc(C)cc2=O)N1. The molecule has 2 rings (SSSR count). The zero-order valence-corrected chi connectivity index (χ0v) is 9.66. The summed E-state index contributed by atoms with van der Waals surface area (Å²) < 4.78 is 1.61. The van der Waals surface area contributed by atoms with Crippen molar-refractivity contribution >= 4 is 11.8 Å². The number of nitrogens with zero attached hydrogens (tertiary/aromatic N) is 3. The van der Waals surface area contributed by atoms with Gasteiger partial charge in [-0.15, -0.1) is 0 Å². The molecule has 0 bridgehead atoms. The summed E-state index contributed by atoms with van der Waals surface area (Å²) in [5.74, 6) is 1.45. The number of aliphatic imine (C=N–C) groups is 1. The number of hydrogen-bond donors (Lipinski definition) is 1. The summed E-state index contributed by atoms with van der Waals surface area (Å²) in [4.78, 5) is 20.3. The van der Waals surface area contributed by atoms with Crippen LogP contribution in [0.2, 0.25) is 0 Å². The van der Waals surface area contributed by atoms with Crippen molar-refractivity contribution < 1.29 is 0 Å². The molecule has 5 nitrogen and oxygen atoms in total. The number of nitrogens with one attached hydrogen (secondary N) is 1. The van der Waals surface area contributed by atoms with E-state index < -0.39 is 0 Å². The van der Waals surface area contributed by atoms with Crippen LogP contribution in [0.1, 0.15) is 25.5 Å². The summed E-state index contributed by atoms with van der Waals surface area (Å²) in [6, 6.07) is 1.54. The predicted octanol–water partition coefficient (Wildman–Crippen LogP) is 1.18. The van der Waals surface area contributed by atoms with E-state index in [4.69, 9.17) is 0 Å². The highest BCUT2D eigenvalue weighted by molar-refractivity contribution is 5.97. The second kappa shape index (κ2) is 4.47. The number of anilines is 1. The lowest BCUT2D eigenvalue weighted by Gasteiger charge is -1.99. The number of aryl methyl sites for hydroxylation is 1. The van der Waals surface area contributed by atoms with E-state index in [1.54, 1.807) is 10.6 Å². The summed E-state index contributed by atoms with van der Waals surface area (Å²) >= 11 is 0. The molecule has 1 aromatic rings. The molecule has 0 saturated carbocycles. The minimum absolute atomic E-state index is 0.0179. The van der Waals surface area contributed by atoms with Crippen molar-refractivity contribution in [2.75, 3.05) is 11.9 Å². The van der Waals surface area contributed by atoms with E-state index >= 15 is 0 Å². The lowest BCUT2D eigenvalue weighted by molar-refractivity contribution is 0.792. The van der Waals surface area contributed by atoms with Crippen LogP contribution in [-0.2, 0) is 6.54 Å². The van der Waals surface area contributed by atoms with E-state index in [2.05, 4.69) is 22.2 Å². The van der Waals surface area contributed by atoms with Gasteiger partial charge in [-0.2, -0.15) is 0 Å². The van der Waals surface area contributed by atoms with Gasteiger partial charge < -0.3 is 5.32 Å². The van der Waals surface area contributed by atoms with Gasteiger partial charge in [0.25, 0.3) is 5.56 Å². The molecule has 0 saturated heterocycles. The molecule has 0 aromatic carbocycles. The average molecular weight is 220 g/mol. The van der Waals surface area contributed by atoms with E-state index in [0.29, 0.717) is 12.5 Å². The molecule has 0 amide bonds. The largest absolute Gasteiger partial charge is 0.312 e. The molecule has 1 aliphatic rings. The van der Waals surface area contributed by atoms with Crippen LogP contribution >= 0.6 is 0 Å². The molecule has 0 unspecified atom stereocenters. The lowest BCUT2D eigenvalue weighted by Crippen LogP contribution is -2.18. The molecule has 1 N–H and O–H groups in total. The Hall–Kier alpha value is -1.65. The Morgan fingerprint density at radius 3 is 3.19 bits per heavy atom. The first-order valence-electron chi connectivity index (χ1n) is 5.59. The van der Waals surface area contributed by atoms with Crippen molar-refractivity contribution in [2.45, 2.75) is 33.2 Å². The van der Waals surface area contributed by atoms with E-state index in [1.807, 2.05) is 6.92 Å². The maximum Gasteiger partial charge on any atom is 0.255 e. The molecule has 86 valence electrons. The van der Waals surface area contributed by atoms with Gasteiger partial charge in [0.05, 0.1) is 6.54 Å². The van der Waals surface area contributed by atoms with Crippen LogP contribution in [0.3, 0.4) is 0 Å². The summed E-state index contributed by atoms with van der Waals surface area (Å²) in [6.07, 6.45) is 2.20. The summed E-state index contributed by atoms with van der Waals surface area (Å²) in [6.45, 7) is 5.27. The van der Waals surface area contributed by atoms with Crippen LogP contribution in [-0.4, -0.2) is 21.9 Å². The normalized spacial score (nSPS) is 16.2. The molecular formula is C11H16N4O. The molecule has 0 spiro atoms. The Morgan fingerprint density at radius 2 is 2.44 bits per heavy atom. The topological polar surface area (TPSA) is 59.3 Å². The van der Waals surface area contributed by atoms with Crippen LogP contribution < -0.4 is 10.9 Å². The molecule has 0 fully saturated rings. The number of rotatable bonds is 3. The van der Waals surface area contributed by atoms with E-state index in [-0.39, 0.29) is 5.56 Å². The van der Waals surface area contributed by atoms with Crippen molar-refractivity contribution in [1.29, 1.82) is 0 Å². The van der Waals surface area contributed by atoms with Crippen molar-refractivity contribution in [1.82, 2.24) is 9.55 Å². The van der Waals surface area contributed by atoms with Crippen LogP contribution in [0, 0.1) is 6.92 Å². The van der Waals surface area contributed by atoms with Gasteiger partial charge >= 0.3 is 0 Å². The molecule has 5 heteroatoms. The Balaban J connectivity index is 2.18. The summed E-state index contributed by atoms with van der Waals surface area (Å²) in [5.41, 5.74) is 0.717. The van der Waals surface area contributed by atoms with Crippen LogP contribution in [0.15, 0.2) is 15.9 Å². The summed E-state index contributed by atoms with van der Waals surface area (Å²) in [7, 11) is 0. The molecule has 0 atom stereocenters. The first-order chi connectivity index (χ1) is 7.70. The third-order valence-corrected chi connectivity index (χ3v) is 2.51. The van der Waals surface area contributed by atoms with E-state index in [9.17, 15) is 4.79 Å². The number of fused-ring (bicyclic) bond motifs is 1. The van der Waals surface area contributed by atoms with Crippen molar-refractivity contribution in [3.05, 3.63) is 22.1 Å². The fourth-order valence-electron chi connectivity index (χ4n) is 1.65. The average Bonchev–Trinajstić information content (AvgIpc) is 2.61. The third kappa shape index (κ3) is 2.13. The maximum atomic E-state index is 11.6. The summed E-state index contributed by atoms with van der Waals surface area (Å²) in [5, 5.41) is 3.08. The van der Waals surface area contributed by atoms with Gasteiger partial charge in [-0.05, 0) is 13.3 Å². The number of aromatic nitrogens is 2. The van der Waals surface area contributed by atoms with E-state index in [1.165, 1.54) is 0 Å². The quantitative estimate of drug-likeness (QED) is 0.778. The molecule has 0 aliphatic carbocycles. The highest BCUT2D eigenvalue weighted by Gasteiger charge is 2.17. The standard InChI is InChI=1S/C11H16N4O/c1-3-4-5-12-9-7-15-10(16)6-8(2)13-11(15)14-9/h6H,3-5,7H2,1-2H3,(H,12,13,14). The lowest BCUT2D eigenvalue weighted by atomic mass is 10.3. The number of amidine groups is 1. The second-order valence-corrected chi connectivity index (χ2v) is 3.95. The first kappa shape index (κ1) is 10.9. The predicted molar refractivity (Wildman–Crippen MR) is 64.1 cm³/mol. The van der Waals surface area contributed by atoms with Crippen molar-refractivity contribution in [3.63, 3.8) is 0 Å². The van der Waals surface area contributed by atoms with Crippen LogP contribution in [0.5, 0.6) is 0 Å². The molecule has 16 heavy (non-hydrogen) atoms. The Kier molecular flexibility index (Phi) is 3.03. The highest BCUT2D eigenvalue weighted by atomic mass is 16.1. The molecular weight excluding hydrogens is 204 g/mol. The van der Waals surface area contributed by atoms with Gasteiger partial charge in [-0.25, -0.2) is 4.98 Å². The van der Waals surface area contributed by atoms with Crippen LogP contribution in [0.25, 0.3) is 0 Å². The molecule has 2 heterocycles. The Bertz CT molecular complexity index is 475. The van der Waals surface area contributed by atoms with Crippen molar-refractivity contribution in [2.24, 2.45) is 4.99 Å². The fraction of sp³-hybridized carbons (Fsp3) is 0.545. The van der Waals surface area contributed by atoms with E-state index in [0.717, 1.165) is 30.9 Å². The van der Waals surface area contributed by atoms with Gasteiger partial charge in [-0.3, -0.25) is 14.4 Å². The molecule has 0 radical (unpaired) electrons. The maximum absolute atomic E-state index is 11.6. The zero-order chi connectivity index (χ0) is 11.5. The minimum atomic E-state index is -0.0179. The van der Waals surface area contributed by atoms with Gasteiger partial charge in [0.2, 0.25) is 5.95 Å². The number of unbranched alkanes of at least 4 members (excludes halogenated alkanes) is 1. The highest BCUT2D eigenvalue weighted by Crippen LogP contribution is 2.09. The van der Waals surface area contributed by atoms with Gasteiger partial charge in [0.15, 0.2) is 0 Å². The smallest absolute Gasteiger partial charge is 0.255 e. The second-order valence-electron chi connectivity index (χ2n) is 3.95. The van der Waals surface area contributed by atoms with Crippen LogP contribution in [0.4, 0.5) is 5.95 Å². The Labute approximate surface area is 94.2 Å². The van der Waals surface area contributed by atoms with Crippen molar-refractivity contribution in [3.8, 4) is 0 Å². The zero-order valence-electron chi connectivity index (χ0n) is 9.66. The van der Waals surface area contributed by atoms with Gasteiger partial charge in [0, 0.05) is 18.3 Å². The fourth-order valence-corrected chi connectivity index (χ4v) is 1.65. The van der Waals surface area contributed by atoms with Gasteiger partial charge in [-0.1, -0.05) is 13.3 Å². The minimum Gasteiger partial charge on any atom is -0.312 e. The Morgan fingerprint density at radius 1 is 1.62 bits per heavy atom. The molecule has 1 aromatic heterocycles. The van der Waals surface area contributed by atoms with Gasteiger partial charge in [0.1, 0.15) is 5.84 Å². The number of hydrogen-bond acceptors (Lipinski definition) is 3. The first-order valence-corrected chi connectivity index (χ1v) is 5.59.